The lowest BCUT2D eigenvalue weighted by Crippen LogP contribution is -2.45. The monoisotopic (exact) mass is 170 g/mol. The second-order valence-electron chi connectivity index (χ2n) is 2.95. The maximum Gasteiger partial charge on any atom is 0.178 e. The highest BCUT2D eigenvalue weighted by Crippen LogP contribution is 2.28. The van der Waals surface area contributed by atoms with Crippen LogP contribution in [0.4, 0.5) is 0 Å². The largest absolute Gasteiger partial charge is 0.392 e. The molecule has 0 aromatic rings. The van der Waals surface area contributed by atoms with Crippen molar-refractivity contribution in [3.8, 4) is 12.3 Å². The van der Waals surface area contributed by atoms with Gasteiger partial charge in [0, 0.05) is 0 Å². The lowest BCUT2D eigenvalue weighted by Gasteiger charge is -2.23. The lowest BCUT2D eigenvalue weighted by atomic mass is 9.90. The first-order valence-electron chi connectivity index (χ1n) is 3.70. The van der Waals surface area contributed by atoms with Gasteiger partial charge >= 0.3 is 0 Å². The second kappa shape index (κ2) is 3.07. The van der Waals surface area contributed by atoms with Gasteiger partial charge < -0.3 is 20.1 Å². The van der Waals surface area contributed by atoms with Gasteiger partial charge in [-0.2, -0.15) is 0 Å². The van der Waals surface area contributed by atoms with E-state index in [1.165, 1.54) is 0 Å². The summed E-state index contributed by atoms with van der Waals surface area (Å²) in [6.07, 6.45) is 2.83. The maximum absolute atomic E-state index is 9.40. The molecule has 1 heterocycles. The molecule has 0 spiro atoms. The Hall–Kier alpha value is -0.535. The van der Waals surface area contributed by atoms with Gasteiger partial charge in [-0.15, -0.1) is 6.42 Å². The van der Waals surface area contributed by atoms with Crippen LogP contribution in [0.3, 0.4) is 0 Å². The van der Waals surface area contributed by atoms with Gasteiger partial charge in [-0.1, -0.05) is 5.92 Å². The zero-order valence-electron chi connectivity index (χ0n) is 6.77. The molecule has 0 aliphatic carbocycles. The second-order valence-corrected chi connectivity index (χ2v) is 2.95. The van der Waals surface area contributed by atoms with Crippen LogP contribution >= 0.6 is 0 Å². The summed E-state index contributed by atoms with van der Waals surface area (Å²) in [4.78, 5) is 0. The number of terminal acetylenes is 1. The zero-order valence-corrected chi connectivity index (χ0v) is 6.77. The van der Waals surface area contributed by atoms with Gasteiger partial charge in [-0.3, -0.25) is 0 Å². The minimum absolute atomic E-state index is 0.494. The van der Waals surface area contributed by atoms with Crippen molar-refractivity contribution in [2.45, 2.75) is 23.8 Å². The zero-order chi connectivity index (χ0) is 9.35. The molecule has 4 nitrogen and oxygen atoms in total. The van der Waals surface area contributed by atoms with Crippen LogP contribution < -0.4 is 0 Å². The fraction of sp³-hybridized carbons (Fsp3) is 0.714. The van der Waals surface area contributed by atoms with Gasteiger partial charge in [-0.05, 0) is 0 Å². The highest BCUT2D eigenvalue weighted by molar-refractivity contribution is 6.11. The Morgan fingerprint density at radius 2 is 2.17 bits per heavy atom. The maximum atomic E-state index is 9.40. The van der Waals surface area contributed by atoms with Crippen molar-refractivity contribution in [3.63, 3.8) is 0 Å². The smallest absolute Gasteiger partial charge is 0.178 e. The third-order valence-corrected chi connectivity index (χ3v) is 2.16. The van der Waals surface area contributed by atoms with E-state index in [-0.39, 0.29) is 0 Å². The molecular weight excluding hydrogens is 159 g/mol. The van der Waals surface area contributed by atoms with Gasteiger partial charge in [-0.25, -0.2) is 0 Å². The lowest BCUT2D eigenvalue weighted by molar-refractivity contribution is -0.0585. The molecule has 3 N–H and O–H groups in total. The topological polar surface area (TPSA) is 69.9 Å². The Balaban J connectivity index is 2.89. The molecule has 0 bridgehead atoms. The van der Waals surface area contributed by atoms with E-state index in [1.807, 2.05) is 0 Å². The first-order valence-corrected chi connectivity index (χ1v) is 3.70. The summed E-state index contributed by atoms with van der Waals surface area (Å²) in [7, 11) is 1.59. The van der Waals surface area contributed by atoms with E-state index in [4.69, 9.17) is 16.3 Å². The first-order chi connectivity index (χ1) is 5.57. The third kappa shape index (κ3) is 1.13. The van der Waals surface area contributed by atoms with Gasteiger partial charge in [0.25, 0.3) is 0 Å². The van der Waals surface area contributed by atoms with Crippen molar-refractivity contribution < 1.29 is 20.1 Å². The molecule has 0 aromatic carbocycles. The quantitative estimate of drug-likeness (QED) is 0.291. The summed E-state index contributed by atoms with van der Waals surface area (Å²) < 4.78 is 5.09. The van der Waals surface area contributed by atoms with Crippen LogP contribution in [0, 0.1) is 12.3 Å². The summed E-state index contributed by atoms with van der Waals surface area (Å²) in [6.45, 7) is -0.494. The molecule has 4 atom stereocenters. The number of aliphatic hydroxyl groups excluding tert-OH is 3. The van der Waals surface area contributed by atoms with Crippen LogP contribution in [0.25, 0.3) is 0 Å². The van der Waals surface area contributed by atoms with Crippen LogP contribution in [0.5, 0.6) is 0 Å². The molecule has 0 amide bonds. The average Bonchev–Trinajstić information content (AvgIpc) is 2.30. The van der Waals surface area contributed by atoms with Gasteiger partial charge in [0.1, 0.15) is 20.1 Å². The molecule has 1 aliphatic rings. The van der Waals surface area contributed by atoms with Crippen molar-refractivity contribution in [3.05, 3.63) is 0 Å². The molecule has 12 heavy (non-hydrogen) atoms. The summed E-state index contributed by atoms with van der Waals surface area (Å²) >= 11 is 0. The normalized spacial score (nSPS) is 47.3. The predicted molar refractivity (Wildman–Crippen MR) is 44.1 cm³/mol. The fourth-order valence-electron chi connectivity index (χ4n) is 1.30. The molecule has 1 fully saturated rings. The Kier molecular flexibility index (Phi) is 2.45. The minimum Gasteiger partial charge on any atom is -0.392 e. The molecule has 0 saturated carbocycles. The van der Waals surface area contributed by atoms with Crippen molar-refractivity contribution >= 4 is 7.85 Å². The molecule has 1 rings (SSSR count). The number of hydrogen-bond donors (Lipinski definition) is 3. The van der Waals surface area contributed by atoms with Crippen molar-refractivity contribution in [1.29, 1.82) is 0 Å². The summed E-state index contributed by atoms with van der Waals surface area (Å²) in [5.74, 6) is 2.16. The molecule has 1 unspecified atom stereocenters. The molecule has 1 saturated heterocycles. The van der Waals surface area contributed by atoms with Gasteiger partial charge in [0.2, 0.25) is 0 Å². The molecule has 1 aliphatic heterocycles. The van der Waals surface area contributed by atoms with Crippen LogP contribution in [0.2, 0.25) is 0 Å². The van der Waals surface area contributed by atoms with E-state index < -0.39 is 30.4 Å². The average molecular weight is 170 g/mol. The first kappa shape index (κ1) is 9.55. The van der Waals surface area contributed by atoms with Crippen LogP contribution in [-0.2, 0) is 4.74 Å². The predicted octanol–water partition coefficient (Wildman–Crippen LogP) is -2.94. The SMILES string of the molecule is BC1O[C@](C#C)(CO)[C@@H](O)[C@@H]1O. The van der Waals surface area contributed by atoms with Crippen molar-refractivity contribution in [1.82, 2.24) is 0 Å². The Morgan fingerprint density at radius 3 is 2.33 bits per heavy atom. The van der Waals surface area contributed by atoms with Gasteiger partial charge in [0.15, 0.2) is 5.60 Å². The van der Waals surface area contributed by atoms with Crippen molar-refractivity contribution in [2.24, 2.45) is 0 Å². The van der Waals surface area contributed by atoms with Crippen LogP contribution in [0.1, 0.15) is 0 Å². The number of ether oxygens (including phenoxy) is 1. The Labute approximate surface area is 71.6 Å². The summed E-state index contributed by atoms with van der Waals surface area (Å²) in [5.41, 5.74) is -1.43. The van der Waals surface area contributed by atoms with E-state index in [0.29, 0.717) is 0 Å². The third-order valence-electron chi connectivity index (χ3n) is 2.16. The number of rotatable bonds is 1. The van der Waals surface area contributed by atoms with E-state index >= 15 is 0 Å². The Morgan fingerprint density at radius 1 is 1.58 bits per heavy atom. The summed E-state index contributed by atoms with van der Waals surface area (Å²) in [6, 6.07) is -0.553. The molecule has 0 aromatic heterocycles. The number of aliphatic hydroxyl groups is 3. The highest BCUT2D eigenvalue weighted by Gasteiger charge is 2.51. The van der Waals surface area contributed by atoms with Crippen LogP contribution in [-0.4, -0.2) is 53.6 Å². The molecule has 66 valence electrons. The molecule has 5 heteroatoms. The van der Waals surface area contributed by atoms with E-state index in [1.54, 1.807) is 7.85 Å². The van der Waals surface area contributed by atoms with E-state index in [0.717, 1.165) is 0 Å². The molecule has 0 radical (unpaired) electrons. The van der Waals surface area contributed by atoms with Crippen molar-refractivity contribution in [2.75, 3.05) is 6.61 Å². The van der Waals surface area contributed by atoms with E-state index in [2.05, 4.69) is 5.92 Å². The van der Waals surface area contributed by atoms with E-state index in [9.17, 15) is 10.2 Å². The minimum atomic E-state index is -1.43. The highest BCUT2D eigenvalue weighted by atomic mass is 16.6. The Bertz CT molecular complexity index is 214. The summed E-state index contributed by atoms with van der Waals surface area (Å²) in [5, 5.41) is 27.6. The van der Waals surface area contributed by atoms with Gasteiger partial charge in [0.05, 0.1) is 12.6 Å². The standard InChI is InChI=1S/C7H11BO4/c1-2-7(3-9)5(11)4(10)6(8)12-7/h1,4-6,9-11H,3,8H2/t4-,5-,6?,7+/m0/s1. The van der Waals surface area contributed by atoms with Crippen LogP contribution in [0.15, 0.2) is 0 Å². The number of hydrogen-bond acceptors (Lipinski definition) is 4. The molecular formula is C7H11BO4. The fourth-order valence-corrected chi connectivity index (χ4v) is 1.30.